The van der Waals surface area contributed by atoms with Crippen molar-refractivity contribution in [2.24, 2.45) is 7.05 Å². The van der Waals surface area contributed by atoms with Gasteiger partial charge in [0.25, 0.3) is 0 Å². The monoisotopic (exact) mass is 425 g/mol. The van der Waals surface area contributed by atoms with E-state index in [-0.39, 0.29) is 12.0 Å². The van der Waals surface area contributed by atoms with E-state index in [0.29, 0.717) is 41.2 Å². The molecule has 0 unspecified atom stereocenters. The molecule has 10 heteroatoms. The number of nitrogens with zero attached hydrogens (tertiary/aromatic N) is 7. The second kappa shape index (κ2) is 8.03. The van der Waals surface area contributed by atoms with Crippen LogP contribution in [0.5, 0.6) is 5.88 Å². The Labute approximate surface area is 178 Å². The number of halogens is 1. The number of hydrogen-bond donors (Lipinski definition) is 0. The molecule has 9 nitrogen and oxygen atoms in total. The fourth-order valence-corrected chi connectivity index (χ4v) is 3.19. The highest BCUT2D eigenvalue weighted by atomic mass is 19.1. The van der Waals surface area contributed by atoms with Gasteiger partial charge in [-0.25, -0.2) is 14.1 Å². The number of methoxy groups -OCH3 is 1. The van der Waals surface area contributed by atoms with E-state index in [2.05, 4.69) is 46.1 Å². The number of aryl methyl sites for hydroxylation is 1. The Bertz CT molecular complexity index is 1230. The molecule has 3 aromatic heterocycles. The highest BCUT2D eigenvalue weighted by Crippen LogP contribution is 2.32. The van der Waals surface area contributed by atoms with Gasteiger partial charge in [0.1, 0.15) is 19.0 Å². The van der Waals surface area contributed by atoms with E-state index in [1.165, 1.54) is 10.6 Å². The van der Waals surface area contributed by atoms with Gasteiger partial charge >= 0.3 is 0 Å². The lowest BCUT2D eigenvalue weighted by Gasteiger charge is -2.21. The Morgan fingerprint density at radius 2 is 1.84 bits per heavy atom. The van der Waals surface area contributed by atoms with E-state index >= 15 is 0 Å². The molecule has 0 aliphatic carbocycles. The van der Waals surface area contributed by atoms with E-state index < -0.39 is 5.82 Å². The topological polar surface area (TPSA) is 92.3 Å². The molecule has 0 spiro atoms. The van der Waals surface area contributed by atoms with E-state index in [4.69, 9.17) is 9.47 Å². The highest BCUT2D eigenvalue weighted by Gasteiger charge is 2.24. The summed E-state index contributed by atoms with van der Waals surface area (Å²) in [5.41, 5.74) is 1.41. The van der Waals surface area contributed by atoms with Gasteiger partial charge in [0, 0.05) is 19.7 Å². The van der Waals surface area contributed by atoms with Gasteiger partial charge in [-0.05, 0) is 23.6 Å². The summed E-state index contributed by atoms with van der Waals surface area (Å²) >= 11 is 0. The first-order chi connectivity index (χ1) is 14.8. The Balaban J connectivity index is 1.75. The molecule has 0 bridgehead atoms. The molecule has 0 atom stereocenters. The first kappa shape index (κ1) is 20.9. The van der Waals surface area contributed by atoms with Crippen molar-refractivity contribution in [3.63, 3.8) is 0 Å². The number of benzene rings is 1. The quantitative estimate of drug-likeness (QED) is 0.469. The Morgan fingerprint density at radius 3 is 2.55 bits per heavy atom. The van der Waals surface area contributed by atoms with Crippen LogP contribution >= 0.6 is 0 Å². The Morgan fingerprint density at radius 1 is 1.06 bits per heavy atom. The van der Waals surface area contributed by atoms with Crippen LogP contribution in [-0.2, 0) is 30.4 Å². The lowest BCUT2D eigenvalue weighted by molar-refractivity contribution is 0.177. The van der Waals surface area contributed by atoms with Crippen LogP contribution < -0.4 is 4.74 Å². The molecule has 0 N–H and O–H groups in total. The van der Waals surface area contributed by atoms with Gasteiger partial charge in [0.05, 0.1) is 5.56 Å². The van der Waals surface area contributed by atoms with Crippen molar-refractivity contribution in [2.45, 2.75) is 39.4 Å². The van der Waals surface area contributed by atoms with E-state index in [0.717, 1.165) is 5.56 Å². The van der Waals surface area contributed by atoms with E-state index in [1.54, 1.807) is 37.0 Å². The average molecular weight is 425 g/mol. The summed E-state index contributed by atoms with van der Waals surface area (Å²) in [4.78, 5) is 4.43. The maximum atomic E-state index is 14.4. The summed E-state index contributed by atoms with van der Waals surface area (Å²) in [7, 11) is 3.38. The third kappa shape index (κ3) is 4.11. The van der Waals surface area contributed by atoms with Crippen molar-refractivity contribution in [2.75, 3.05) is 7.11 Å². The van der Waals surface area contributed by atoms with Crippen LogP contribution in [0.4, 0.5) is 4.39 Å². The molecule has 4 rings (SSSR count). The second-order valence-corrected chi connectivity index (χ2v) is 8.18. The standard InChI is InChI=1S/C21H24FN7O2/c1-21(2,3)14-10-17-24-25-19(13-8-6-7-9-15(13)22)29(17)27-20(14)31-12-18-23-16(11-30-5)26-28(18)4/h6-10H,11-12H2,1-5H3. The first-order valence-electron chi connectivity index (χ1n) is 9.80. The fourth-order valence-electron chi connectivity index (χ4n) is 3.19. The predicted octanol–water partition coefficient (Wildman–Crippen LogP) is 3.08. The van der Waals surface area contributed by atoms with Crippen molar-refractivity contribution in [1.82, 2.24) is 34.6 Å². The number of hydrogen-bond acceptors (Lipinski definition) is 7. The maximum Gasteiger partial charge on any atom is 0.236 e. The number of fused-ring (bicyclic) bond motifs is 1. The van der Waals surface area contributed by atoms with Crippen molar-refractivity contribution >= 4 is 5.65 Å². The fraction of sp³-hybridized carbons (Fsp3) is 0.381. The summed E-state index contributed by atoms with van der Waals surface area (Å²) in [5.74, 6) is 1.51. The van der Waals surface area contributed by atoms with Crippen molar-refractivity contribution < 1.29 is 13.9 Å². The molecule has 0 amide bonds. The van der Waals surface area contributed by atoms with Crippen LogP contribution in [-0.4, -0.2) is 41.7 Å². The summed E-state index contributed by atoms with van der Waals surface area (Å²) in [5, 5.41) is 17.3. The molecule has 0 aliphatic heterocycles. The summed E-state index contributed by atoms with van der Waals surface area (Å²) in [6, 6.07) is 8.25. The minimum absolute atomic E-state index is 0.159. The van der Waals surface area contributed by atoms with Gasteiger partial charge in [0.15, 0.2) is 23.1 Å². The largest absolute Gasteiger partial charge is 0.468 e. The summed E-state index contributed by atoms with van der Waals surface area (Å²) < 4.78 is 28.7. The molecule has 1 aromatic carbocycles. The lowest BCUT2D eigenvalue weighted by atomic mass is 9.88. The van der Waals surface area contributed by atoms with Crippen LogP contribution in [0, 0.1) is 5.82 Å². The zero-order chi connectivity index (χ0) is 22.2. The van der Waals surface area contributed by atoms with Crippen molar-refractivity contribution in [1.29, 1.82) is 0 Å². The molecule has 0 saturated heterocycles. The first-order valence-corrected chi connectivity index (χ1v) is 9.80. The van der Waals surface area contributed by atoms with Gasteiger partial charge in [-0.15, -0.1) is 15.3 Å². The third-order valence-electron chi connectivity index (χ3n) is 4.79. The predicted molar refractivity (Wildman–Crippen MR) is 111 cm³/mol. The van der Waals surface area contributed by atoms with Crippen LogP contribution in [0.3, 0.4) is 0 Å². The van der Waals surface area contributed by atoms with Crippen LogP contribution in [0.1, 0.15) is 38.0 Å². The minimum atomic E-state index is -0.397. The highest BCUT2D eigenvalue weighted by molar-refractivity contribution is 5.60. The van der Waals surface area contributed by atoms with Gasteiger partial charge in [0.2, 0.25) is 5.88 Å². The number of ether oxygens (including phenoxy) is 2. The molecule has 162 valence electrons. The zero-order valence-electron chi connectivity index (χ0n) is 18.1. The average Bonchev–Trinajstić information content (AvgIpc) is 3.28. The normalized spacial score (nSPS) is 11.9. The molecule has 4 aromatic rings. The molecule has 0 aliphatic rings. The van der Waals surface area contributed by atoms with Gasteiger partial charge in [-0.2, -0.15) is 9.61 Å². The van der Waals surface area contributed by atoms with Crippen LogP contribution in [0.15, 0.2) is 30.3 Å². The maximum absolute atomic E-state index is 14.4. The Kier molecular flexibility index (Phi) is 5.40. The minimum Gasteiger partial charge on any atom is -0.468 e. The van der Waals surface area contributed by atoms with E-state index in [9.17, 15) is 4.39 Å². The molecule has 3 heterocycles. The molecular weight excluding hydrogens is 401 g/mol. The van der Waals surface area contributed by atoms with Gasteiger partial charge in [-0.1, -0.05) is 32.9 Å². The molecular formula is C21H24FN7O2. The smallest absolute Gasteiger partial charge is 0.236 e. The van der Waals surface area contributed by atoms with E-state index in [1.807, 2.05) is 6.07 Å². The second-order valence-electron chi connectivity index (χ2n) is 8.18. The van der Waals surface area contributed by atoms with Gasteiger partial charge in [-0.3, -0.25) is 0 Å². The lowest BCUT2D eigenvalue weighted by Crippen LogP contribution is -2.17. The molecule has 31 heavy (non-hydrogen) atoms. The van der Waals surface area contributed by atoms with Crippen LogP contribution in [0.2, 0.25) is 0 Å². The van der Waals surface area contributed by atoms with Crippen LogP contribution in [0.25, 0.3) is 17.0 Å². The zero-order valence-corrected chi connectivity index (χ0v) is 18.1. The summed E-state index contributed by atoms with van der Waals surface area (Å²) in [6.45, 7) is 6.64. The number of aromatic nitrogens is 7. The SMILES string of the molecule is COCc1nc(COc2nn3c(-c4ccccc4F)nnc3cc2C(C)(C)C)n(C)n1. The number of rotatable bonds is 6. The molecule has 0 saturated carbocycles. The molecule has 0 radical (unpaired) electrons. The van der Waals surface area contributed by atoms with Gasteiger partial charge < -0.3 is 9.47 Å². The summed E-state index contributed by atoms with van der Waals surface area (Å²) in [6.07, 6.45) is 0. The molecule has 0 fully saturated rings. The third-order valence-corrected chi connectivity index (χ3v) is 4.79. The van der Waals surface area contributed by atoms with Crippen molar-refractivity contribution in [3.8, 4) is 17.3 Å². The Hall–Kier alpha value is -3.40. The van der Waals surface area contributed by atoms with Crippen molar-refractivity contribution in [3.05, 3.63) is 53.4 Å².